The molecule has 0 radical (unpaired) electrons. The van der Waals surface area contributed by atoms with Crippen LogP contribution in [0.5, 0.6) is 11.5 Å². The van der Waals surface area contributed by atoms with Crippen LogP contribution in [0.2, 0.25) is 0 Å². The number of benzene rings is 2. The summed E-state index contributed by atoms with van der Waals surface area (Å²) in [5.41, 5.74) is 11.1. The second kappa shape index (κ2) is 5.68. The predicted molar refractivity (Wildman–Crippen MR) is 85.2 cm³/mol. The molecule has 0 fully saturated rings. The number of aryl methyl sites for hydroxylation is 1. The third-order valence-electron chi connectivity index (χ3n) is 4.38. The van der Waals surface area contributed by atoms with Crippen molar-refractivity contribution in [3.63, 3.8) is 0 Å². The van der Waals surface area contributed by atoms with E-state index in [-0.39, 0.29) is 0 Å². The monoisotopic (exact) mass is 283 g/mol. The quantitative estimate of drug-likeness (QED) is 0.876. The summed E-state index contributed by atoms with van der Waals surface area (Å²) in [6, 6.07) is 12.4. The lowest BCUT2D eigenvalue weighted by atomic mass is 9.79. The molecule has 1 aliphatic carbocycles. The summed E-state index contributed by atoms with van der Waals surface area (Å²) < 4.78 is 10.5. The van der Waals surface area contributed by atoms with Crippen LogP contribution in [0.25, 0.3) is 0 Å². The van der Waals surface area contributed by atoms with Gasteiger partial charge in [-0.3, -0.25) is 0 Å². The molecule has 3 heteroatoms. The van der Waals surface area contributed by atoms with E-state index in [1.54, 1.807) is 14.2 Å². The minimum Gasteiger partial charge on any atom is -0.497 e. The number of fused-ring (bicyclic) bond motifs is 1. The molecule has 110 valence electrons. The molecule has 1 aliphatic rings. The normalized spacial score (nSPS) is 17.1. The Labute approximate surface area is 125 Å². The highest BCUT2D eigenvalue weighted by Gasteiger charge is 2.22. The third kappa shape index (κ3) is 2.68. The Morgan fingerprint density at radius 3 is 2.38 bits per heavy atom. The Morgan fingerprint density at radius 1 is 0.952 bits per heavy atom. The van der Waals surface area contributed by atoms with Crippen LogP contribution in [0.1, 0.15) is 29.0 Å². The predicted octanol–water partition coefficient (Wildman–Crippen LogP) is 3.56. The van der Waals surface area contributed by atoms with Gasteiger partial charge in [-0.25, -0.2) is 0 Å². The van der Waals surface area contributed by atoms with Crippen molar-refractivity contribution in [1.29, 1.82) is 0 Å². The Balaban J connectivity index is 1.86. The average Bonchev–Trinajstić information content (AvgIpc) is 2.53. The van der Waals surface area contributed by atoms with Crippen molar-refractivity contribution in [2.24, 2.45) is 0 Å². The van der Waals surface area contributed by atoms with Gasteiger partial charge in [0.15, 0.2) is 0 Å². The number of ether oxygens (including phenoxy) is 2. The van der Waals surface area contributed by atoms with Crippen molar-refractivity contribution in [3.05, 3.63) is 53.1 Å². The first kappa shape index (κ1) is 13.8. The van der Waals surface area contributed by atoms with Gasteiger partial charge in [0.1, 0.15) is 11.5 Å². The van der Waals surface area contributed by atoms with E-state index in [1.807, 2.05) is 18.2 Å². The second-order valence-electron chi connectivity index (χ2n) is 5.57. The van der Waals surface area contributed by atoms with Gasteiger partial charge in [0, 0.05) is 11.8 Å². The molecule has 0 amide bonds. The fourth-order valence-corrected chi connectivity index (χ4v) is 3.18. The standard InChI is InChI=1S/C18H21NO2/c1-20-15-6-5-12-9-14(4-3-13(12)10-15)17-8-7-16(21-2)11-18(17)19/h5-8,10-11,14H,3-4,9,19H2,1-2H3. The Kier molecular flexibility index (Phi) is 3.74. The molecule has 3 nitrogen and oxygen atoms in total. The molecule has 1 atom stereocenters. The molecule has 1 unspecified atom stereocenters. The van der Waals surface area contributed by atoms with Gasteiger partial charge in [0.25, 0.3) is 0 Å². The van der Waals surface area contributed by atoms with Crippen molar-refractivity contribution in [1.82, 2.24) is 0 Å². The number of nitrogens with two attached hydrogens (primary N) is 1. The smallest absolute Gasteiger partial charge is 0.120 e. The number of nitrogen functional groups attached to an aromatic ring is 1. The third-order valence-corrected chi connectivity index (χ3v) is 4.38. The lowest BCUT2D eigenvalue weighted by molar-refractivity contribution is 0.413. The van der Waals surface area contributed by atoms with Gasteiger partial charge in [0.05, 0.1) is 14.2 Å². The van der Waals surface area contributed by atoms with E-state index >= 15 is 0 Å². The molecule has 21 heavy (non-hydrogen) atoms. The molecule has 3 rings (SSSR count). The summed E-state index contributed by atoms with van der Waals surface area (Å²) in [6.07, 6.45) is 3.23. The maximum absolute atomic E-state index is 6.19. The fourth-order valence-electron chi connectivity index (χ4n) is 3.18. The Bertz CT molecular complexity index is 652. The zero-order chi connectivity index (χ0) is 14.8. The van der Waals surface area contributed by atoms with E-state index in [0.717, 1.165) is 36.4 Å². The largest absolute Gasteiger partial charge is 0.497 e. The molecule has 0 aliphatic heterocycles. The average molecular weight is 283 g/mol. The highest BCUT2D eigenvalue weighted by Crippen LogP contribution is 2.37. The first-order chi connectivity index (χ1) is 10.2. The maximum Gasteiger partial charge on any atom is 0.120 e. The molecule has 2 aromatic carbocycles. The molecule has 2 N–H and O–H groups in total. The van der Waals surface area contributed by atoms with Crippen molar-refractivity contribution >= 4 is 5.69 Å². The number of hydrogen-bond acceptors (Lipinski definition) is 3. The SMILES string of the molecule is COc1ccc(C2CCc3cc(OC)ccc3C2)c(N)c1. The maximum atomic E-state index is 6.19. The van der Waals surface area contributed by atoms with Gasteiger partial charge < -0.3 is 15.2 Å². The van der Waals surface area contributed by atoms with E-state index in [9.17, 15) is 0 Å². The van der Waals surface area contributed by atoms with Crippen LogP contribution in [-0.4, -0.2) is 14.2 Å². The summed E-state index contributed by atoms with van der Waals surface area (Å²) >= 11 is 0. The van der Waals surface area contributed by atoms with Crippen molar-refractivity contribution < 1.29 is 9.47 Å². The van der Waals surface area contributed by atoms with Gasteiger partial charge in [-0.1, -0.05) is 12.1 Å². The van der Waals surface area contributed by atoms with Crippen LogP contribution in [0.4, 0.5) is 5.69 Å². The van der Waals surface area contributed by atoms with E-state index in [4.69, 9.17) is 15.2 Å². The van der Waals surface area contributed by atoms with E-state index in [2.05, 4.69) is 18.2 Å². The molecule has 0 saturated carbocycles. The van der Waals surface area contributed by atoms with Gasteiger partial charge in [0.2, 0.25) is 0 Å². The first-order valence-corrected chi connectivity index (χ1v) is 7.30. The first-order valence-electron chi connectivity index (χ1n) is 7.30. The van der Waals surface area contributed by atoms with Crippen LogP contribution in [0, 0.1) is 0 Å². The lowest BCUT2D eigenvalue weighted by Gasteiger charge is -2.26. The molecule has 0 heterocycles. The molecule has 2 aromatic rings. The van der Waals surface area contributed by atoms with Gasteiger partial charge >= 0.3 is 0 Å². The lowest BCUT2D eigenvalue weighted by Crippen LogP contribution is -2.14. The van der Waals surface area contributed by atoms with Crippen molar-refractivity contribution in [3.8, 4) is 11.5 Å². The van der Waals surface area contributed by atoms with Gasteiger partial charge in [-0.15, -0.1) is 0 Å². The Hall–Kier alpha value is -2.16. The van der Waals surface area contributed by atoms with Crippen LogP contribution in [0.3, 0.4) is 0 Å². The second-order valence-corrected chi connectivity index (χ2v) is 5.57. The van der Waals surface area contributed by atoms with Crippen LogP contribution in [-0.2, 0) is 12.8 Å². The summed E-state index contributed by atoms with van der Waals surface area (Å²) in [6.45, 7) is 0. The number of hydrogen-bond donors (Lipinski definition) is 1. The molecule has 0 aromatic heterocycles. The minimum atomic E-state index is 0.483. The van der Waals surface area contributed by atoms with Crippen LogP contribution in [0.15, 0.2) is 36.4 Å². The number of anilines is 1. The topological polar surface area (TPSA) is 44.5 Å². The van der Waals surface area contributed by atoms with E-state index < -0.39 is 0 Å². The molecule has 0 saturated heterocycles. The van der Waals surface area contributed by atoms with Crippen molar-refractivity contribution in [2.45, 2.75) is 25.2 Å². The van der Waals surface area contributed by atoms with Gasteiger partial charge in [-0.2, -0.15) is 0 Å². The highest BCUT2D eigenvalue weighted by molar-refractivity contribution is 5.54. The molecular formula is C18H21NO2. The number of rotatable bonds is 3. The Morgan fingerprint density at radius 2 is 1.67 bits per heavy atom. The summed E-state index contributed by atoms with van der Waals surface area (Å²) in [5.74, 6) is 2.24. The molecule has 0 bridgehead atoms. The van der Waals surface area contributed by atoms with Crippen molar-refractivity contribution in [2.75, 3.05) is 20.0 Å². The van der Waals surface area contributed by atoms with Crippen LogP contribution >= 0.6 is 0 Å². The summed E-state index contributed by atoms with van der Waals surface area (Å²) in [4.78, 5) is 0. The summed E-state index contributed by atoms with van der Waals surface area (Å²) in [5, 5.41) is 0. The highest BCUT2D eigenvalue weighted by atomic mass is 16.5. The van der Waals surface area contributed by atoms with E-state index in [0.29, 0.717) is 5.92 Å². The van der Waals surface area contributed by atoms with Gasteiger partial charge in [-0.05, 0) is 60.1 Å². The molecular weight excluding hydrogens is 262 g/mol. The fraction of sp³-hybridized carbons (Fsp3) is 0.333. The van der Waals surface area contributed by atoms with Crippen LogP contribution < -0.4 is 15.2 Å². The molecule has 0 spiro atoms. The zero-order valence-corrected chi connectivity index (χ0v) is 12.6. The summed E-state index contributed by atoms with van der Waals surface area (Å²) in [7, 11) is 3.38. The zero-order valence-electron chi connectivity index (χ0n) is 12.6. The minimum absolute atomic E-state index is 0.483. The number of methoxy groups -OCH3 is 2. The van der Waals surface area contributed by atoms with E-state index in [1.165, 1.54) is 16.7 Å².